The van der Waals surface area contributed by atoms with Crippen LogP contribution in [0.2, 0.25) is 0 Å². The molecule has 0 aliphatic carbocycles. The summed E-state index contributed by atoms with van der Waals surface area (Å²) in [7, 11) is 0. The molecule has 0 aromatic rings. The molecule has 0 radical (unpaired) electrons. The second-order valence-corrected chi connectivity index (χ2v) is 3.68. The minimum absolute atomic E-state index is 1.00. The number of hydrogen-bond donors (Lipinski definition) is 0. The van der Waals surface area contributed by atoms with Crippen molar-refractivity contribution in [2.45, 2.75) is 20.3 Å². The summed E-state index contributed by atoms with van der Waals surface area (Å²) < 4.78 is 1.07. The highest BCUT2D eigenvalue weighted by molar-refractivity contribution is 9.11. The number of halogens is 1. The van der Waals surface area contributed by atoms with Gasteiger partial charge in [-0.1, -0.05) is 54.2 Å². The zero-order chi connectivity index (χ0) is 9.56. The average molecular weight is 227 g/mol. The van der Waals surface area contributed by atoms with Gasteiger partial charge in [-0.25, -0.2) is 0 Å². The molecule has 0 bridgehead atoms. The predicted molar refractivity (Wildman–Crippen MR) is 60.4 cm³/mol. The van der Waals surface area contributed by atoms with E-state index in [4.69, 9.17) is 0 Å². The van der Waals surface area contributed by atoms with Crippen LogP contribution in [0.3, 0.4) is 0 Å². The molecule has 0 aromatic carbocycles. The molecule has 0 atom stereocenters. The highest BCUT2D eigenvalue weighted by atomic mass is 79.9. The Morgan fingerprint density at radius 3 is 2.42 bits per heavy atom. The van der Waals surface area contributed by atoms with Crippen LogP contribution in [0.4, 0.5) is 0 Å². The van der Waals surface area contributed by atoms with Crippen LogP contribution in [0.15, 0.2) is 47.0 Å². The van der Waals surface area contributed by atoms with Crippen molar-refractivity contribution in [2.75, 3.05) is 0 Å². The molecule has 0 aliphatic rings. The van der Waals surface area contributed by atoms with Gasteiger partial charge < -0.3 is 0 Å². The van der Waals surface area contributed by atoms with E-state index in [9.17, 15) is 0 Å². The number of allylic oxidation sites excluding steroid dienone is 6. The van der Waals surface area contributed by atoms with E-state index in [-0.39, 0.29) is 0 Å². The maximum Gasteiger partial charge on any atom is -0.000245 e. The molecule has 0 rings (SSSR count). The third kappa shape index (κ3) is 3.72. The molecule has 0 aromatic heterocycles. The van der Waals surface area contributed by atoms with Gasteiger partial charge in [0.1, 0.15) is 0 Å². The van der Waals surface area contributed by atoms with E-state index in [2.05, 4.69) is 42.1 Å². The Bertz CT molecular complexity index is 227. The third-order valence-electron chi connectivity index (χ3n) is 1.48. The second kappa shape index (κ2) is 6.01. The monoisotopic (exact) mass is 226 g/mol. The van der Waals surface area contributed by atoms with Crippen molar-refractivity contribution in [3.05, 3.63) is 47.0 Å². The van der Waals surface area contributed by atoms with Crippen LogP contribution in [-0.4, -0.2) is 0 Å². The number of rotatable bonds is 4. The lowest BCUT2D eigenvalue weighted by Crippen LogP contribution is -1.81. The van der Waals surface area contributed by atoms with Gasteiger partial charge in [-0.3, -0.25) is 0 Å². The number of hydrogen-bond acceptors (Lipinski definition) is 0. The molecule has 1 heteroatoms. The van der Waals surface area contributed by atoms with Crippen LogP contribution in [0.1, 0.15) is 20.3 Å². The molecule has 0 aliphatic heterocycles. The van der Waals surface area contributed by atoms with Gasteiger partial charge in [-0.05, 0) is 29.0 Å². The Labute approximate surface area is 83.5 Å². The van der Waals surface area contributed by atoms with Gasteiger partial charge in [0, 0.05) is 0 Å². The SMILES string of the molecule is C=C/C(C(=C)/C=C\CC)=C(/C)Br. The Kier molecular flexibility index (Phi) is 5.73. The second-order valence-electron chi connectivity index (χ2n) is 2.49. The molecule has 66 valence electrons. The van der Waals surface area contributed by atoms with Crippen LogP contribution < -0.4 is 0 Å². The van der Waals surface area contributed by atoms with Gasteiger partial charge in [-0.2, -0.15) is 0 Å². The first kappa shape index (κ1) is 11.4. The van der Waals surface area contributed by atoms with E-state index in [0.29, 0.717) is 0 Å². The molecule has 0 spiro atoms. The van der Waals surface area contributed by atoms with Crippen molar-refractivity contribution in [1.82, 2.24) is 0 Å². The fourth-order valence-electron chi connectivity index (χ4n) is 0.843. The minimum Gasteiger partial charge on any atom is -0.0984 e. The van der Waals surface area contributed by atoms with E-state index in [1.165, 1.54) is 0 Å². The average Bonchev–Trinajstić information content (AvgIpc) is 2.01. The first-order chi connectivity index (χ1) is 5.63. The van der Waals surface area contributed by atoms with Crippen LogP contribution >= 0.6 is 15.9 Å². The van der Waals surface area contributed by atoms with Gasteiger partial charge in [0.15, 0.2) is 0 Å². The summed E-state index contributed by atoms with van der Waals surface area (Å²) in [5.41, 5.74) is 2.07. The minimum atomic E-state index is 1.00. The van der Waals surface area contributed by atoms with E-state index in [1.54, 1.807) is 0 Å². The van der Waals surface area contributed by atoms with Crippen LogP contribution in [0, 0.1) is 0 Å². The van der Waals surface area contributed by atoms with Gasteiger partial charge in [0.05, 0.1) is 0 Å². The molecule has 0 nitrogen and oxygen atoms in total. The molecular weight excluding hydrogens is 212 g/mol. The molecule has 0 fully saturated rings. The van der Waals surface area contributed by atoms with Gasteiger partial charge in [-0.15, -0.1) is 0 Å². The van der Waals surface area contributed by atoms with E-state index >= 15 is 0 Å². The normalized spacial score (nSPS) is 12.9. The third-order valence-corrected chi connectivity index (χ3v) is 1.90. The highest BCUT2D eigenvalue weighted by Gasteiger charge is 1.96. The van der Waals surface area contributed by atoms with Crippen LogP contribution in [0.25, 0.3) is 0 Å². The summed E-state index contributed by atoms with van der Waals surface area (Å²) in [6, 6.07) is 0. The van der Waals surface area contributed by atoms with Crippen molar-refractivity contribution < 1.29 is 0 Å². The Morgan fingerprint density at radius 1 is 1.50 bits per heavy atom. The lowest BCUT2D eigenvalue weighted by Gasteiger charge is -2.02. The van der Waals surface area contributed by atoms with Crippen molar-refractivity contribution in [2.24, 2.45) is 0 Å². The van der Waals surface area contributed by atoms with Crippen molar-refractivity contribution in [1.29, 1.82) is 0 Å². The summed E-state index contributed by atoms with van der Waals surface area (Å²) in [4.78, 5) is 0. The fraction of sp³-hybridized carbons (Fsp3) is 0.273. The van der Waals surface area contributed by atoms with Crippen molar-refractivity contribution >= 4 is 15.9 Å². The Morgan fingerprint density at radius 2 is 2.08 bits per heavy atom. The van der Waals surface area contributed by atoms with Gasteiger partial charge >= 0.3 is 0 Å². The van der Waals surface area contributed by atoms with Crippen LogP contribution in [-0.2, 0) is 0 Å². The Hall–Kier alpha value is -0.560. The summed E-state index contributed by atoms with van der Waals surface area (Å²) in [6.45, 7) is 11.8. The summed E-state index contributed by atoms with van der Waals surface area (Å²) >= 11 is 3.41. The molecule has 0 amide bonds. The molecule has 0 saturated heterocycles. The standard InChI is InChI=1S/C11H15Br/c1-5-7-8-9(3)11(6-2)10(4)12/h6-8H,2-3,5H2,1,4H3/b8-7-,11-10+. The highest BCUT2D eigenvalue weighted by Crippen LogP contribution is 2.19. The molecule has 0 N–H and O–H groups in total. The van der Waals surface area contributed by atoms with Gasteiger partial charge in [0.25, 0.3) is 0 Å². The zero-order valence-electron chi connectivity index (χ0n) is 7.73. The summed E-state index contributed by atoms with van der Waals surface area (Å²) in [5.74, 6) is 0. The Balaban J connectivity index is 4.56. The molecule has 0 unspecified atom stereocenters. The smallest absolute Gasteiger partial charge is 0.000245 e. The lowest BCUT2D eigenvalue weighted by molar-refractivity contribution is 1.22. The van der Waals surface area contributed by atoms with E-state index in [0.717, 1.165) is 22.0 Å². The quantitative estimate of drug-likeness (QED) is 0.626. The molecule has 12 heavy (non-hydrogen) atoms. The predicted octanol–water partition coefficient (Wildman–Crippen LogP) is 4.36. The molecule has 0 saturated carbocycles. The maximum atomic E-state index is 3.94. The maximum absolute atomic E-state index is 3.94. The van der Waals surface area contributed by atoms with Crippen molar-refractivity contribution in [3.8, 4) is 0 Å². The molecular formula is C11H15Br. The zero-order valence-corrected chi connectivity index (χ0v) is 9.32. The summed E-state index contributed by atoms with van der Waals surface area (Å²) in [6.07, 6.45) is 6.95. The lowest BCUT2D eigenvalue weighted by atomic mass is 10.1. The first-order valence-electron chi connectivity index (χ1n) is 3.98. The van der Waals surface area contributed by atoms with Crippen molar-refractivity contribution in [3.63, 3.8) is 0 Å². The van der Waals surface area contributed by atoms with Gasteiger partial charge in [0.2, 0.25) is 0 Å². The molecule has 0 heterocycles. The van der Waals surface area contributed by atoms with E-state index in [1.807, 2.05) is 19.1 Å². The topological polar surface area (TPSA) is 0 Å². The summed E-state index contributed by atoms with van der Waals surface area (Å²) in [5, 5.41) is 0. The van der Waals surface area contributed by atoms with E-state index < -0.39 is 0 Å². The largest absolute Gasteiger partial charge is 0.0984 e. The first-order valence-corrected chi connectivity index (χ1v) is 4.77. The van der Waals surface area contributed by atoms with Crippen LogP contribution in [0.5, 0.6) is 0 Å². The fourth-order valence-corrected chi connectivity index (χ4v) is 1.26.